The van der Waals surface area contributed by atoms with E-state index in [-0.39, 0.29) is 5.91 Å². The molecule has 5 nitrogen and oxygen atoms in total. The van der Waals surface area contributed by atoms with Crippen molar-refractivity contribution in [1.29, 1.82) is 0 Å². The second-order valence-electron chi connectivity index (χ2n) is 6.69. The largest absolute Gasteiger partial charge is 0.416 e. The Hall–Kier alpha value is -3.73. The van der Waals surface area contributed by atoms with E-state index in [4.69, 9.17) is 4.42 Å². The van der Waals surface area contributed by atoms with Gasteiger partial charge in [-0.15, -0.1) is 10.2 Å². The molecule has 0 saturated carbocycles. The van der Waals surface area contributed by atoms with Crippen LogP contribution in [0.1, 0.15) is 15.9 Å². The third kappa shape index (κ3) is 2.87. The Labute approximate surface area is 162 Å². The molecular formula is C23H17N3O2. The molecule has 136 valence electrons. The van der Waals surface area contributed by atoms with Crippen molar-refractivity contribution in [2.24, 2.45) is 0 Å². The van der Waals surface area contributed by atoms with Gasteiger partial charge in [-0.05, 0) is 54.4 Å². The van der Waals surface area contributed by atoms with Gasteiger partial charge in [-0.25, -0.2) is 0 Å². The van der Waals surface area contributed by atoms with Crippen molar-refractivity contribution in [2.75, 3.05) is 11.4 Å². The molecule has 0 saturated heterocycles. The van der Waals surface area contributed by atoms with E-state index in [9.17, 15) is 4.79 Å². The highest BCUT2D eigenvalue weighted by molar-refractivity contribution is 6.07. The number of benzene rings is 3. The molecule has 4 aromatic rings. The number of hydrogen-bond donors (Lipinski definition) is 0. The third-order valence-electron chi connectivity index (χ3n) is 4.96. The Morgan fingerprint density at radius 3 is 2.18 bits per heavy atom. The molecule has 5 heteroatoms. The minimum Gasteiger partial charge on any atom is -0.416 e. The van der Waals surface area contributed by atoms with Crippen LogP contribution < -0.4 is 4.90 Å². The summed E-state index contributed by atoms with van der Waals surface area (Å²) < 4.78 is 5.78. The fourth-order valence-corrected chi connectivity index (χ4v) is 3.50. The number of amides is 1. The van der Waals surface area contributed by atoms with Crippen molar-refractivity contribution in [3.8, 4) is 22.9 Å². The lowest BCUT2D eigenvalue weighted by Gasteiger charge is -2.17. The normalized spacial score (nSPS) is 12.8. The zero-order chi connectivity index (χ0) is 18.9. The lowest BCUT2D eigenvalue weighted by molar-refractivity contribution is 0.0989. The molecule has 1 aliphatic heterocycles. The van der Waals surface area contributed by atoms with Crippen molar-refractivity contribution in [3.05, 3.63) is 90.0 Å². The Kier molecular flexibility index (Phi) is 3.98. The van der Waals surface area contributed by atoms with Crippen LogP contribution in [0.2, 0.25) is 0 Å². The van der Waals surface area contributed by atoms with Crippen LogP contribution in [0.3, 0.4) is 0 Å². The smallest absolute Gasteiger partial charge is 0.258 e. The maximum Gasteiger partial charge on any atom is 0.258 e. The van der Waals surface area contributed by atoms with Gasteiger partial charge < -0.3 is 9.32 Å². The molecule has 1 aromatic heterocycles. The fraction of sp³-hybridized carbons (Fsp3) is 0.0870. The molecule has 0 bridgehead atoms. The second-order valence-corrected chi connectivity index (χ2v) is 6.69. The first-order chi connectivity index (χ1) is 13.8. The van der Waals surface area contributed by atoms with Gasteiger partial charge in [0.1, 0.15) is 0 Å². The van der Waals surface area contributed by atoms with E-state index in [0.29, 0.717) is 23.9 Å². The predicted octanol–water partition coefficient (Wildman–Crippen LogP) is 4.61. The van der Waals surface area contributed by atoms with Gasteiger partial charge in [0.15, 0.2) is 0 Å². The summed E-state index contributed by atoms with van der Waals surface area (Å²) >= 11 is 0. The van der Waals surface area contributed by atoms with E-state index >= 15 is 0 Å². The fourth-order valence-electron chi connectivity index (χ4n) is 3.50. The van der Waals surface area contributed by atoms with Crippen LogP contribution in [0.5, 0.6) is 0 Å². The Bertz CT molecular complexity index is 1130. The van der Waals surface area contributed by atoms with E-state index in [0.717, 1.165) is 23.2 Å². The first-order valence-electron chi connectivity index (χ1n) is 9.19. The van der Waals surface area contributed by atoms with Gasteiger partial charge in [0, 0.05) is 28.9 Å². The SMILES string of the molecule is O=C(c1ccc(-c2nnc(-c3ccccc3)o2)cc1)N1CCc2ccccc21. The van der Waals surface area contributed by atoms with Gasteiger partial charge in [0.25, 0.3) is 5.91 Å². The number of carbonyl (C=O) groups excluding carboxylic acids is 1. The van der Waals surface area contributed by atoms with Gasteiger partial charge in [-0.1, -0.05) is 36.4 Å². The zero-order valence-corrected chi connectivity index (χ0v) is 15.1. The van der Waals surface area contributed by atoms with Crippen molar-refractivity contribution < 1.29 is 9.21 Å². The first-order valence-corrected chi connectivity index (χ1v) is 9.19. The van der Waals surface area contributed by atoms with Gasteiger partial charge in [-0.3, -0.25) is 4.79 Å². The molecular weight excluding hydrogens is 350 g/mol. The standard InChI is InChI=1S/C23H17N3O2/c27-23(26-15-14-16-6-4-5-9-20(16)26)19-12-10-18(11-13-19)22-25-24-21(28-22)17-7-2-1-3-8-17/h1-13H,14-15H2. The molecule has 0 spiro atoms. The lowest BCUT2D eigenvalue weighted by atomic mass is 10.1. The van der Waals surface area contributed by atoms with Gasteiger partial charge in [-0.2, -0.15) is 0 Å². The number of para-hydroxylation sites is 1. The Balaban J connectivity index is 1.38. The van der Waals surface area contributed by atoms with Crippen LogP contribution in [0, 0.1) is 0 Å². The van der Waals surface area contributed by atoms with E-state index in [1.807, 2.05) is 77.7 Å². The maximum atomic E-state index is 12.9. The van der Waals surface area contributed by atoms with Gasteiger partial charge >= 0.3 is 0 Å². The second kappa shape index (κ2) is 6.78. The third-order valence-corrected chi connectivity index (χ3v) is 4.96. The Morgan fingerprint density at radius 1 is 0.786 bits per heavy atom. The highest BCUT2D eigenvalue weighted by Gasteiger charge is 2.25. The molecule has 28 heavy (non-hydrogen) atoms. The predicted molar refractivity (Wildman–Crippen MR) is 107 cm³/mol. The van der Waals surface area contributed by atoms with E-state index < -0.39 is 0 Å². The van der Waals surface area contributed by atoms with Crippen LogP contribution in [-0.4, -0.2) is 22.6 Å². The molecule has 0 aliphatic carbocycles. The molecule has 5 rings (SSSR count). The molecule has 0 fully saturated rings. The van der Waals surface area contributed by atoms with E-state index in [2.05, 4.69) is 16.3 Å². The number of fused-ring (bicyclic) bond motifs is 1. The minimum absolute atomic E-state index is 0.00648. The number of aromatic nitrogens is 2. The summed E-state index contributed by atoms with van der Waals surface area (Å²) in [6.45, 7) is 0.712. The maximum absolute atomic E-state index is 12.9. The van der Waals surface area contributed by atoms with Crippen molar-refractivity contribution in [2.45, 2.75) is 6.42 Å². The lowest BCUT2D eigenvalue weighted by Crippen LogP contribution is -2.28. The van der Waals surface area contributed by atoms with Crippen molar-refractivity contribution >= 4 is 11.6 Å². The quantitative estimate of drug-likeness (QED) is 0.531. The summed E-state index contributed by atoms with van der Waals surface area (Å²) in [6, 6.07) is 25.0. The number of rotatable bonds is 3. The molecule has 1 amide bonds. The molecule has 2 heterocycles. The first kappa shape index (κ1) is 16.4. The average molecular weight is 367 g/mol. The van der Waals surface area contributed by atoms with Crippen LogP contribution >= 0.6 is 0 Å². The van der Waals surface area contributed by atoms with Crippen molar-refractivity contribution in [1.82, 2.24) is 10.2 Å². The Morgan fingerprint density at radius 2 is 1.43 bits per heavy atom. The molecule has 0 atom stereocenters. The zero-order valence-electron chi connectivity index (χ0n) is 15.1. The van der Waals surface area contributed by atoms with Crippen LogP contribution in [0.15, 0.2) is 83.3 Å². The summed E-state index contributed by atoms with van der Waals surface area (Å²) in [5.41, 5.74) is 4.52. The summed E-state index contributed by atoms with van der Waals surface area (Å²) in [4.78, 5) is 14.8. The number of nitrogens with zero attached hydrogens (tertiary/aromatic N) is 3. The number of hydrogen-bond acceptors (Lipinski definition) is 4. The average Bonchev–Trinajstić information content (AvgIpc) is 3.42. The monoisotopic (exact) mass is 367 g/mol. The number of anilines is 1. The summed E-state index contributed by atoms with van der Waals surface area (Å²) in [5.74, 6) is 0.917. The van der Waals surface area contributed by atoms with Crippen LogP contribution in [-0.2, 0) is 6.42 Å². The molecule has 0 N–H and O–H groups in total. The summed E-state index contributed by atoms with van der Waals surface area (Å²) in [6.07, 6.45) is 0.893. The highest BCUT2D eigenvalue weighted by atomic mass is 16.4. The molecule has 0 unspecified atom stereocenters. The van der Waals surface area contributed by atoms with E-state index in [1.165, 1.54) is 5.56 Å². The van der Waals surface area contributed by atoms with Gasteiger partial charge in [0.2, 0.25) is 11.8 Å². The highest BCUT2D eigenvalue weighted by Crippen LogP contribution is 2.29. The minimum atomic E-state index is 0.00648. The summed E-state index contributed by atoms with van der Waals surface area (Å²) in [7, 11) is 0. The van der Waals surface area contributed by atoms with Crippen LogP contribution in [0.4, 0.5) is 5.69 Å². The van der Waals surface area contributed by atoms with Crippen molar-refractivity contribution in [3.63, 3.8) is 0 Å². The number of carbonyl (C=O) groups is 1. The molecule has 0 radical (unpaired) electrons. The van der Waals surface area contributed by atoms with Gasteiger partial charge in [0.05, 0.1) is 0 Å². The molecule has 3 aromatic carbocycles. The molecule has 1 aliphatic rings. The van der Waals surface area contributed by atoms with E-state index in [1.54, 1.807) is 0 Å². The summed E-state index contributed by atoms with van der Waals surface area (Å²) in [5, 5.41) is 8.25. The van der Waals surface area contributed by atoms with Crippen LogP contribution in [0.25, 0.3) is 22.9 Å². The topological polar surface area (TPSA) is 59.2 Å².